The minimum Gasteiger partial charge on any atom is -0.354 e. The molecule has 190 valence electrons. The number of imidazole rings is 2. The Morgan fingerprint density at radius 2 is 1.46 bits per heavy atom. The summed E-state index contributed by atoms with van der Waals surface area (Å²) in [6.07, 6.45) is 8.49. The second-order valence-electron chi connectivity index (χ2n) is 8.54. The zero-order chi connectivity index (χ0) is 25.0. The van der Waals surface area contributed by atoms with Crippen molar-refractivity contribution in [1.29, 1.82) is 0 Å². The van der Waals surface area contributed by atoms with Gasteiger partial charge in [0, 0.05) is 62.1 Å². The van der Waals surface area contributed by atoms with Gasteiger partial charge in [0.2, 0.25) is 23.6 Å². The molecular formula is C22H33N9O4. The topological polar surface area (TPSA) is 200 Å². The number of aromatic amines is 2. The van der Waals surface area contributed by atoms with E-state index < -0.39 is 29.9 Å². The van der Waals surface area contributed by atoms with Crippen molar-refractivity contribution < 1.29 is 19.2 Å². The Morgan fingerprint density at radius 1 is 0.829 bits per heavy atom. The van der Waals surface area contributed by atoms with Crippen LogP contribution in [0, 0.1) is 0 Å². The van der Waals surface area contributed by atoms with Gasteiger partial charge < -0.3 is 37.0 Å². The van der Waals surface area contributed by atoms with Crippen molar-refractivity contribution in [3.63, 3.8) is 0 Å². The van der Waals surface area contributed by atoms with Gasteiger partial charge in [-0.1, -0.05) is 6.42 Å². The van der Waals surface area contributed by atoms with Gasteiger partial charge in [-0.3, -0.25) is 19.2 Å². The number of amides is 4. The number of aromatic nitrogens is 4. The molecular weight excluding hydrogens is 454 g/mol. The largest absolute Gasteiger partial charge is 0.354 e. The van der Waals surface area contributed by atoms with Crippen molar-refractivity contribution in [3.8, 4) is 0 Å². The molecule has 13 nitrogen and oxygen atoms in total. The van der Waals surface area contributed by atoms with E-state index in [0.29, 0.717) is 30.8 Å². The van der Waals surface area contributed by atoms with Crippen LogP contribution in [0.15, 0.2) is 25.0 Å². The van der Waals surface area contributed by atoms with Crippen LogP contribution in [-0.2, 0) is 32.0 Å². The highest BCUT2D eigenvalue weighted by Crippen LogP contribution is 2.09. The van der Waals surface area contributed by atoms with Crippen molar-refractivity contribution >= 4 is 23.6 Å². The maximum Gasteiger partial charge on any atom is 0.243 e. The second-order valence-corrected chi connectivity index (χ2v) is 8.54. The highest BCUT2D eigenvalue weighted by molar-refractivity contribution is 5.91. The van der Waals surface area contributed by atoms with E-state index in [1.54, 1.807) is 12.4 Å². The normalized spacial score (nSPS) is 22.5. The lowest BCUT2D eigenvalue weighted by Crippen LogP contribution is -2.54. The average Bonchev–Trinajstić information content (AvgIpc) is 3.52. The van der Waals surface area contributed by atoms with Crippen molar-refractivity contribution in [3.05, 3.63) is 36.4 Å². The van der Waals surface area contributed by atoms with Crippen LogP contribution in [0.3, 0.4) is 0 Å². The molecule has 3 rings (SSSR count). The number of unbranched alkanes of at least 4 members (excludes halogenated alkanes) is 1. The molecule has 0 saturated carbocycles. The average molecular weight is 488 g/mol. The summed E-state index contributed by atoms with van der Waals surface area (Å²) in [6, 6.07) is -2.22. The SMILES string of the molecule is NCCCC[C@H]1CC(=O)N[C@H](Cc2cnc[nH]2)C(=O)NCCC(=O)N[C@@H](Cc2cnc[nH]2)C(=O)N1. The standard InChI is InChI=1S/C22H33N9O4/c23-5-2-1-3-14-9-20(33)31-17(7-15-10-24-12-27-15)21(34)26-6-4-19(32)30-18(22(35)29-14)8-16-11-25-13-28-16/h10-14,17-18H,1-9,23H2,(H,24,27)(H,25,28)(H,26,34)(H,29,35)(H,30,32)(H,31,33)/t14-,17+,18-/m0/s1. The number of carbonyl (C=O) groups excluding carboxylic acids is 4. The second kappa shape index (κ2) is 13.2. The molecule has 2 aromatic heterocycles. The monoisotopic (exact) mass is 487 g/mol. The summed E-state index contributed by atoms with van der Waals surface area (Å²) in [6.45, 7) is 0.553. The molecule has 0 aromatic carbocycles. The maximum atomic E-state index is 13.1. The van der Waals surface area contributed by atoms with Gasteiger partial charge in [0.1, 0.15) is 12.1 Å². The summed E-state index contributed by atoms with van der Waals surface area (Å²) >= 11 is 0. The fourth-order valence-electron chi connectivity index (χ4n) is 3.88. The molecule has 35 heavy (non-hydrogen) atoms. The first-order valence-electron chi connectivity index (χ1n) is 11.8. The summed E-state index contributed by atoms with van der Waals surface area (Å²) in [5.74, 6) is -1.55. The minimum absolute atomic E-state index is 0.0200. The molecule has 0 aliphatic carbocycles. The van der Waals surface area contributed by atoms with Gasteiger partial charge >= 0.3 is 0 Å². The molecule has 4 amide bonds. The number of hydrogen-bond donors (Lipinski definition) is 7. The Bertz CT molecular complexity index is 962. The molecule has 8 N–H and O–H groups in total. The summed E-state index contributed by atoms with van der Waals surface area (Å²) in [7, 11) is 0. The maximum absolute atomic E-state index is 13.1. The third-order valence-electron chi connectivity index (χ3n) is 5.70. The van der Waals surface area contributed by atoms with Crippen LogP contribution in [0.1, 0.15) is 43.5 Å². The first-order chi connectivity index (χ1) is 16.9. The van der Waals surface area contributed by atoms with E-state index in [1.807, 2.05) is 0 Å². The molecule has 13 heteroatoms. The number of rotatable bonds is 8. The number of carbonyl (C=O) groups is 4. The molecule has 0 bridgehead atoms. The van der Waals surface area contributed by atoms with E-state index >= 15 is 0 Å². The zero-order valence-corrected chi connectivity index (χ0v) is 19.5. The Labute approximate surface area is 202 Å². The van der Waals surface area contributed by atoms with Crippen LogP contribution in [0.4, 0.5) is 0 Å². The third kappa shape index (κ3) is 8.52. The predicted octanol–water partition coefficient (Wildman–Crippen LogP) is -1.59. The number of hydrogen-bond acceptors (Lipinski definition) is 7. The van der Waals surface area contributed by atoms with Crippen LogP contribution >= 0.6 is 0 Å². The van der Waals surface area contributed by atoms with Crippen molar-refractivity contribution in [1.82, 2.24) is 41.2 Å². The first-order valence-corrected chi connectivity index (χ1v) is 11.8. The van der Waals surface area contributed by atoms with Crippen LogP contribution < -0.4 is 27.0 Å². The van der Waals surface area contributed by atoms with Crippen molar-refractivity contribution in [2.45, 2.75) is 63.1 Å². The molecule has 1 aliphatic rings. The molecule has 1 saturated heterocycles. The van der Waals surface area contributed by atoms with E-state index in [9.17, 15) is 19.2 Å². The zero-order valence-electron chi connectivity index (χ0n) is 19.5. The quantitative estimate of drug-likeness (QED) is 0.218. The van der Waals surface area contributed by atoms with E-state index in [2.05, 4.69) is 41.2 Å². The molecule has 1 fully saturated rings. The smallest absolute Gasteiger partial charge is 0.243 e. The Kier molecular flexibility index (Phi) is 9.78. The lowest BCUT2D eigenvalue weighted by Gasteiger charge is -2.25. The number of H-pyrrole nitrogens is 2. The highest BCUT2D eigenvalue weighted by Gasteiger charge is 2.28. The molecule has 2 aromatic rings. The number of nitrogens with zero attached hydrogens (tertiary/aromatic N) is 2. The van der Waals surface area contributed by atoms with Gasteiger partial charge in [-0.2, -0.15) is 0 Å². The number of nitrogens with two attached hydrogens (primary N) is 1. The Morgan fingerprint density at radius 3 is 2.06 bits per heavy atom. The van der Waals surface area contributed by atoms with Crippen LogP contribution in [0.5, 0.6) is 0 Å². The Balaban J connectivity index is 1.77. The van der Waals surface area contributed by atoms with E-state index in [4.69, 9.17) is 5.73 Å². The molecule has 0 spiro atoms. The third-order valence-corrected chi connectivity index (χ3v) is 5.70. The van der Waals surface area contributed by atoms with Gasteiger partial charge in [0.05, 0.1) is 12.7 Å². The highest BCUT2D eigenvalue weighted by atomic mass is 16.2. The van der Waals surface area contributed by atoms with Crippen LogP contribution in [0.25, 0.3) is 0 Å². The van der Waals surface area contributed by atoms with Gasteiger partial charge in [-0.05, 0) is 19.4 Å². The van der Waals surface area contributed by atoms with E-state index in [-0.39, 0.29) is 44.0 Å². The van der Waals surface area contributed by atoms with Crippen molar-refractivity contribution in [2.75, 3.05) is 13.1 Å². The van der Waals surface area contributed by atoms with E-state index in [1.165, 1.54) is 12.7 Å². The Hall–Kier alpha value is -3.74. The molecule has 0 unspecified atom stereocenters. The summed E-state index contributed by atoms with van der Waals surface area (Å²) < 4.78 is 0. The molecule has 3 atom stereocenters. The van der Waals surface area contributed by atoms with Gasteiger partial charge in [-0.25, -0.2) is 9.97 Å². The minimum atomic E-state index is -0.866. The fourth-order valence-corrected chi connectivity index (χ4v) is 3.88. The first kappa shape index (κ1) is 25.9. The fraction of sp³-hybridized carbons (Fsp3) is 0.545. The van der Waals surface area contributed by atoms with Crippen molar-refractivity contribution in [2.24, 2.45) is 5.73 Å². The summed E-state index contributed by atoms with van der Waals surface area (Å²) in [4.78, 5) is 65.1. The lowest BCUT2D eigenvalue weighted by atomic mass is 10.0. The van der Waals surface area contributed by atoms with Gasteiger partial charge in [0.25, 0.3) is 0 Å². The number of nitrogens with one attached hydrogen (secondary N) is 6. The predicted molar refractivity (Wildman–Crippen MR) is 126 cm³/mol. The van der Waals surface area contributed by atoms with Crippen LogP contribution in [-0.4, -0.2) is 74.8 Å². The summed E-state index contributed by atoms with van der Waals surface area (Å²) in [5, 5.41) is 11.1. The van der Waals surface area contributed by atoms with Gasteiger partial charge in [0.15, 0.2) is 0 Å². The summed E-state index contributed by atoms with van der Waals surface area (Å²) in [5.41, 5.74) is 6.96. The molecule has 3 heterocycles. The van der Waals surface area contributed by atoms with Crippen LogP contribution in [0.2, 0.25) is 0 Å². The van der Waals surface area contributed by atoms with Gasteiger partial charge in [-0.15, -0.1) is 0 Å². The molecule has 1 aliphatic heterocycles. The molecule has 0 radical (unpaired) electrons. The lowest BCUT2D eigenvalue weighted by molar-refractivity contribution is -0.132. The van der Waals surface area contributed by atoms with E-state index in [0.717, 1.165) is 6.42 Å².